The van der Waals surface area contributed by atoms with E-state index in [1.54, 1.807) is 0 Å². The zero-order valence-electron chi connectivity index (χ0n) is 16.5. The lowest BCUT2D eigenvalue weighted by atomic mass is 10.0. The van der Waals surface area contributed by atoms with Crippen LogP contribution >= 0.6 is 0 Å². The Bertz CT molecular complexity index is 1250. The summed E-state index contributed by atoms with van der Waals surface area (Å²) in [5, 5.41) is 10.4. The van der Waals surface area contributed by atoms with E-state index in [4.69, 9.17) is 9.72 Å². The van der Waals surface area contributed by atoms with Gasteiger partial charge in [0.25, 0.3) is 0 Å². The van der Waals surface area contributed by atoms with Gasteiger partial charge in [-0.15, -0.1) is 0 Å². The highest BCUT2D eigenvalue weighted by atomic mass is 16.5. The molecule has 1 aromatic carbocycles. The van der Waals surface area contributed by atoms with Crippen LogP contribution in [0, 0.1) is 11.3 Å². The van der Waals surface area contributed by atoms with E-state index in [9.17, 15) is 5.26 Å². The molecule has 1 saturated heterocycles. The largest absolute Gasteiger partial charge is 0.378 e. The molecule has 3 aromatic heterocycles. The number of aryl methyl sites for hydroxylation is 1. The van der Waals surface area contributed by atoms with Crippen LogP contribution in [0.3, 0.4) is 0 Å². The van der Waals surface area contributed by atoms with Gasteiger partial charge in [0.05, 0.1) is 47.0 Å². The summed E-state index contributed by atoms with van der Waals surface area (Å²) in [5.41, 5.74) is 4.40. The van der Waals surface area contributed by atoms with Crippen LogP contribution in [-0.2, 0) is 18.2 Å². The molecule has 1 aliphatic rings. The number of benzene rings is 1. The van der Waals surface area contributed by atoms with Crippen molar-refractivity contribution < 1.29 is 4.74 Å². The number of hydrogen-bond donors (Lipinski definition) is 0. The number of nitrogens with zero attached hydrogens (tertiary/aromatic N) is 6. The van der Waals surface area contributed by atoms with Crippen molar-refractivity contribution in [2.24, 2.45) is 7.05 Å². The Morgan fingerprint density at radius 1 is 1.28 bits per heavy atom. The van der Waals surface area contributed by atoms with Gasteiger partial charge in [-0.25, -0.2) is 9.97 Å². The lowest BCUT2D eigenvalue weighted by Gasteiger charge is -2.30. The van der Waals surface area contributed by atoms with Crippen molar-refractivity contribution in [3.63, 3.8) is 0 Å². The quantitative estimate of drug-likeness (QED) is 0.538. The topological polar surface area (TPSA) is 81.5 Å². The van der Waals surface area contributed by atoms with E-state index in [1.165, 1.54) is 0 Å². The highest BCUT2D eigenvalue weighted by Gasteiger charge is 2.26. The second-order valence-corrected chi connectivity index (χ2v) is 7.80. The van der Waals surface area contributed by atoms with E-state index >= 15 is 0 Å². The molecule has 1 aliphatic heterocycles. The van der Waals surface area contributed by atoms with Crippen molar-refractivity contribution in [2.75, 3.05) is 6.61 Å². The van der Waals surface area contributed by atoms with Crippen molar-refractivity contribution >= 4 is 21.9 Å². The molecule has 2 atom stereocenters. The summed E-state index contributed by atoms with van der Waals surface area (Å²) in [7, 11) is 1.97. The maximum atomic E-state index is 9.40. The number of nitriles is 1. The van der Waals surface area contributed by atoms with Crippen LogP contribution in [0.5, 0.6) is 0 Å². The van der Waals surface area contributed by atoms with E-state index in [0.29, 0.717) is 18.0 Å². The minimum Gasteiger partial charge on any atom is -0.378 e. The van der Waals surface area contributed by atoms with Gasteiger partial charge in [0, 0.05) is 37.7 Å². The van der Waals surface area contributed by atoms with Gasteiger partial charge >= 0.3 is 0 Å². The molecule has 0 amide bonds. The second-order valence-electron chi connectivity index (χ2n) is 7.80. The Morgan fingerprint density at radius 2 is 2.17 bits per heavy atom. The summed E-state index contributed by atoms with van der Waals surface area (Å²) < 4.78 is 10.1. The highest BCUT2D eigenvalue weighted by Crippen LogP contribution is 2.34. The molecule has 146 valence electrons. The molecule has 0 saturated carbocycles. The third kappa shape index (κ3) is 3.15. The van der Waals surface area contributed by atoms with Gasteiger partial charge in [-0.1, -0.05) is 0 Å². The Labute approximate surface area is 168 Å². The van der Waals surface area contributed by atoms with Gasteiger partial charge in [-0.2, -0.15) is 5.26 Å². The number of hydrogen-bond acceptors (Lipinski definition) is 5. The van der Waals surface area contributed by atoms with E-state index in [2.05, 4.69) is 27.5 Å². The van der Waals surface area contributed by atoms with E-state index in [-0.39, 0.29) is 6.10 Å². The molecule has 1 fully saturated rings. The molecule has 4 heterocycles. The fourth-order valence-electron chi connectivity index (χ4n) is 4.34. The number of ether oxygens (including phenoxy) is 1. The Hall–Kier alpha value is -3.24. The molecule has 0 bridgehead atoms. The van der Waals surface area contributed by atoms with Gasteiger partial charge in [0.1, 0.15) is 11.3 Å². The molecule has 29 heavy (non-hydrogen) atoms. The predicted octanol–water partition coefficient (Wildman–Crippen LogP) is 3.52. The molecule has 7 heteroatoms. The molecular weight excluding hydrogens is 364 g/mol. The maximum Gasteiger partial charge on any atom is 0.116 e. The number of fused-ring (bicyclic) bond motifs is 3. The molecular formula is C22H22N6O. The van der Waals surface area contributed by atoms with Gasteiger partial charge in [0.2, 0.25) is 0 Å². The number of pyridine rings is 1. The van der Waals surface area contributed by atoms with E-state index in [1.807, 2.05) is 48.5 Å². The standard InChI is InChI=1S/C22H22N6O/c1-14-7-17(5-6-29-14)28-21(9-16-12-27(2)13-25-16)26-20-11-24-19-4-3-15(10-23)8-18(19)22(20)28/h3-4,8,11-14,17H,5-7,9H2,1-2H3/t14-,17?/m1/s1. The molecule has 0 spiro atoms. The molecule has 0 radical (unpaired) electrons. The van der Waals surface area contributed by atoms with Crippen molar-refractivity contribution in [3.05, 3.63) is 54.0 Å². The summed E-state index contributed by atoms with van der Waals surface area (Å²) in [6, 6.07) is 8.19. The van der Waals surface area contributed by atoms with Crippen molar-refractivity contribution in [2.45, 2.75) is 38.3 Å². The molecule has 0 aliphatic carbocycles. The van der Waals surface area contributed by atoms with E-state index in [0.717, 1.165) is 52.9 Å². The van der Waals surface area contributed by atoms with Crippen molar-refractivity contribution in [1.29, 1.82) is 5.26 Å². The first-order chi connectivity index (χ1) is 14.1. The average Bonchev–Trinajstić information content (AvgIpc) is 3.30. The molecule has 4 aromatic rings. The van der Waals surface area contributed by atoms with Gasteiger partial charge in [0.15, 0.2) is 0 Å². The summed E-state index contributed by atoms with van der Waals surface area (Å²) in [6.45, 7) is 2.86. The Balaban J connectivity index is 1.75. The highest BCUT2D eigenvalue weighted by molar-refractivity contribution is 6.02. The summed E-state index contributed by atoms with van der Waals surface area (Å²) in [5.74, 6) is 0.981. The zero-order chi connectivity index (χ0) is 20.0. The summed E-state index contributed by atoms with van der Waals surface area (Å²) in [6.07, 6.45) is 8.41. The van der Waals surface area contributed by atoms with Gasteiger partial charge in [-0.3, -0.25) is 4.98 Å². The third-order valence-electron chi connectivity index (χ3n) is 5.64. The summed E-state index contributed by atoms with van der Waals surface area (Å²) in [4.78, 5) is 14.0. The molecule has 7 nitrogen and oxygen atoms in total. The Morgan fingerprint density at radius 3 is 2.93 bits per heavy atom. The summed E-state index contributed by atoms with van der Waals surface area (Å²) >= 11 is 0. The van der Waals surface area contributed by atoms with Crippen LogP contribution in [0.2, 0.25) is 0 Å². The van der Waals surface area contributed by atoms with Crippen LogP contribution < -0.4 is 0 Å². The van der Waals surface area contributed by atoms with Crippen molar-refractivity contribution in [1.82, 2.24) is 24.1 Å². The lowest BCUT2D eigenvalue weighted by molar-refractivity contribution is 0.00631. The Kier molecular flexibility index (Phi) is 4.29. The van der Waals surface area contributed by atoms with Gasteiger partial charge < -0.3 is 13.9 Å². The van der Waals surface area contributed by atoms with Crippen LogP contribution in [0.1, 0.15) is 42.9 Å². The zero-order valence-corrected chi connectivity index (χ0v) is 16.5. The first-order valence-electron chi connectivity index (χ1n) is 9.90. The normalized spacial score (nSPS) is 19.6. The van der Waals surface area contributed by atoms with Crippen molar-refractivity contribution in [3.8, 4) is 6.07 Å². The number of rotatable bonds is 3. The smallest absolute Gasteiger partial charge is 0.116 e. The monoisotopic (exact) mass is 386 g/mol. The lowest BCUT2D eigenvalue weighted by Crippen LogP contribution is -2.26. The van der Waals surface area contributed by atoms with Crippen LogP contribution in [-0.4, -0.2) is 36.8 Å². The first kappa shape index (κ1) is 17.8. The molecule has 1 unspecified atom stereocenters. The fraction of sp³-hybridized carbons (Fsp3) is 0.364. The second kappa shape index (κ2) is 6.98. The number of imidazole rings is 2. The fourth-order valence-corrected chi connectivity index (χ4v) is 4.34. The minimum atomic E-state index is 0.205. The first-order valence-corrected chi connectivity index (χ1v) is 9.90. The van der Waals surface area contributed by atoms with E-state index < -0.39 is 0 Å². The minimum absolute atomic E-state index is 0.205. The molecule has 0 N–H and O–H groups in total. The third-order valence-corrected chi connectivity index (χ3v) is 5.64. The van der Waals surface area contributed by atoms with Crippen LogP contribution in [0.25, 0.3) is 21.9 Å². The van der Waals surface area contributed by atoms with Gasteiger partial charge in [-0.05, 0) is 38.0 Å². The van der Waals surface area contributed by atoms with Crippen LogP contribution in [0.4, 0.5) is 0 Å². The SMILES string of the molecule is C[C@@H]1CC(n2c(Cc3cn(C)cn3)nc3cnc4ccc(C#N)cc4c32)CCO1. The molecule has 5 rings (SSSR count). The number of aromatic nitrogens is 5. The average molecular weight is 386 g/mol. The predicted molar refractivity (Wildman–Crippen MR) is 109 cm³/mol. The van der Waals surface area contributed by atoms with Crippen LogP contribution in [0.15, 0.2) is 36.9 Å². The maximum absolute atomic E-state index is 9.40.